The average molecular weight is 431 g/mol. The maximum atomic E-state index is 9.32. The molecular weight excluding hydrogens is 425 g/mol. The van der Waals surface area contributed by atoms with E-state index in [1.54, 1.807) is 0 Å². The molecule has 0 N–H and O–H groups in total. The van der Waals surface area contributed by atoms with Crippen LogP contribution in [-0.2, 0) is 14.4 Å². The Morgan fingerprint density at radius 3 is 0.789 bits per heavy atom. The first kappa shape index (κ1) is 26.8. The van der Waals surface area contributed by atoms with Gasteiger partial charge in [0.15, 0.2) is 0 Å². The van der Waals surface area contributed by atoms with E-state index in [-0.39, 0.29) is 25.8 Å². The predicted octanol–water partition coefficient (Wildman–Crippen LogP) is -1.91. The van der Waals surface area contributed by atoms with E-state index >= 15 is 0 Å². The number of carbonyl (C=O) groups is 3. The summed E-state index contributed by atoms with van der Waals surface area (Å²) >= 11 is 14.4. The van der Waals surface area contributed by atoms with Gasteiger partial charge in [0.25, 0.3) is 0 Å². The Hall–Kier alpha value is -0.630. The molecule has 0 bridgehead atoms. The minimum Gasteiger partial charge on any atom is -0.545 e. The van der Waals surface area contributed by atoms with Gasteiger partial charge in [-0.2, -0.15) is 0 Å². The predicted molar refractivity (Wildman–Crippen MR) is 65.8 cm³/mol. The maximum absolute atomic E-state index is 9.32. The maximum Gasteiger partial charge on any atom is 3.00 e. The third-order valence-electron chi connectivity index (χ3n) is 0.597. The Bertz CT molecular complexity index is 289. The summed E-state index contributed by atoms with van der Waals surface area (Å²) in [6.07, 6.45) is 2.21. The number of carboxylic acid groups (broad SMARTS) is 3. The molecule has 0 rings (SSSR count). The van der Waals surface area contributed by atoms with Gasteiger partial charge in [-0.15, -0.1) is 0 Å². The van der Waals surface area contributed by atoms with Crippen molar-refractivity contribution in [2.75, 3.05) is 0 Å². The summed E-state index contributed by atoms with van der Waals surface area (Å²) in [6.45, 7) is 0. The molecule has 0 aromatic rings. The molecule has 0 aromatic carbocycles. The van der Waals surface area contributed by atoms with Gasteiger partial charge in [0, 0.05) is 16.6 Å². The summed E-state index contributed by atoms with van der Waals surface area (Å²) in [5.41, 5.74) is 2.65. The van der Waals surface area contributed by atoms with Crippen LogP contribution < -0.4 is 15.3 Å². The SMILES string of the molecule is O=C([O-])/C=C/Cl.O=C([O-])/C=C/Cl.O=C([O-])/C=C/Cl.[In+3]. The van der Waals surface area contributed by atoms with Gasteiger partial charge in [-0.1, -0.05) is 34.8 Å². The van der Waals surface area contributed by atoms with Gasteiger partial charge in [-0.05, 0) is 18.2 Å². The molecule has 0 aliphatic carbocycles. The van der Waals surface area contributed by atoms with Crippen molar-refractivity contribution in [2.24, 2.45) is 0 Å². The molecule has 10 heteroatoms. The van der Waals surface area contributed by atoms with Gasteiger partial charge in [0.1, 0.15) is 0 Å². The molecule has 0 saturated heterocycles. The zero-order valence-corrected chi connectivity index (χ0v) is 14.7. The molecular formula is C9H6Cl3InO6. The van der Waals surface area contributed by atoms with Gasteiger partial charge in [0.05, 0.1) is 17.9 Å². The summed E-state index contributed by atoms with van der Waals surface area (Å²) in [6, 6.07) is 0. The van der Waals surface area contributed by atoms with Crippen molar-refractivity contribution in [3.8, 4) is 0 Å². The van der Waals surface area contributed by atoms with Crippen LogP contribution in [0.25, 0.3) is 0 Å². The molecule has 0 radical (unpaired) electrons. The van der Waals surface area contributed by atoms with Crippen LogP contribution in [0.15, 0.2) is 34.8 Å². The summed E-state index contributed by atoms with van der Waals surface area (Å²) < 4.78 is 0. The Morgan fingerprint density at radius 2 is 0.789 bits per heavy atom. The summed E-state index contributed by atoms with van der Waals surface area (Å²) in [5, 5.41) is 28.0. The average Bonchev–Trinajstić information content (AvgIpc) is 2.18. The van der Waals surface area contributed by atoms with E-state index in [4.69, 9.17) is 34.8 Å². The van der Waals surface area contributed by atoms with Crippen molar-refractivity contribution >= 4 is 78.6 Å². The van der Waals surface area contributed by atoms with Crippen LogP contribution in [0.2, 0.25) is 0 Å². The number of hydrogen-bond donors (Lipinski definition) is 0. The molecule has 0 atom stereocenters. The van der Waals surface area contributed by atoms with E-state index in [9.17, 15) is 29.7 Å². The van der Waals surface area contributed by atoms with E-state index in [1.165, 1.54) is 0 Å². The number of halogens is 3. The minimum atomic E-state index is -1.27. The topological polar surface area (TPSA) is 120 Å². The van der Waals surface area contributed by atoms with Crippen LogP contribution in [0.3, 0.4) is 0 Å². The third-order valence-corrected chi connectivity index (χ3v) is 0.975. The molecule has 0 aliphatic rings. The van der Waals surface area contributed by atoms with Crippen LogP contribution >= 0.6 is 34.8 Å². The van der Waals surface area contributed by atoms with Gasteiger partial charge in [-0.25, -0.2) is 0 Å². The molecule has 0 saturated carbocycles. The van der Waals surface area contributed by atoms with Crippen molar-refractivity contribution < 1.29 is 29.7 Å². The first-order valence-electron chi connectivity index (χ1n) is 3.75. The second-order valence-corrected chi connectivity index (χ2v) is 2.59. The molecule has 102 valence electrons. The molecule has 19 heavy (non-hydrogen) atoms. The summed E-state index contributed by atoms with van der Waals surface area (Å²) in [4.78, 5) is 28.0. The van der Waals surface area contributed by atoms with Crippen molar-refractivity contribution in [1.82, 2.24) is 0 Å². The monoisotopic (exact) mass is 430 g/mol. The van der Waals surface area contributed by atoms with E-state index in [0.717, 1.165) is 34.8 Å². The second kappa shape index (κ2) is 22.5. The minimum absolute atomic E-state index is 0. The third kappa shape index (κ3) is 58.6. The first-order valence-corrected chi connectivity index (χ1v) is 5.05. The van der Waals surface area contributed by atoms with Crippen LogP contribution in [-0.4, -0.2) is 43.8 Å². The standard InChI is InChI=1S/3C3H3ClO2.In/c3*4-2-1-3(5)6;/h3*1-2H,(H,5,6);/q;;;+3/p-3/b3*2-1+;. The largest absolute Gasteiger partial charge is 3.00 e. The normalized spacial score (nSPS) is 9.00. The number of carbonyl (C=O) groups excluding carboxylic acids is 3. The van der Waals surface area contributed by atoms with Crippen LogP contribution in [0, 0.1) is 0 Å². The van der Waals surface area contributed by atoms with E-state index in [0.29, 0.717) is 0 Å². The van der Waals surface area contributed by atoms with Gasteiger partial charge >= 0.3 is 25.8 Å². The van der Waals surface area contributed by atoms with Crippen LogP contribution in [0.5, 0.6) is 0 Å². The van der Waals surface area contributed by atoms with Gasteiger partial charge in [-0.3, -0.25) is 0 Å². The van der Waals surface area contributed by atoms with Gasteiger partial charge < -0.3 is 29.7 Å². The molecule has 0 fully saturated rings. The number of rotatable bonds is 3. The van der Waals surface area contributed by atoms with Crippen molar-refractivity contribution in [1.29, 1.82) is 0 Å². The molecule has 0 spiro atoms. The van der Waals surface area contributed by atoms with E-state index in [2.05, 4.69) is 0 Å². The molecule has 0 heterocycles. The number of aliphatic carboxylic acids is 3. The summed E-state index contributed by atoms with van der Waals surface area (Å²) in [7, 11) is 0. The van der Waals surface area contributed by atoms with Crippen molar-refractivity contribution in [3.05, 3.63) is 34.8 Å². The van der Waals surface area contributed by atoms with Gasteiger partial charge in [0.2, 0.25) is 0 Å². The first-order chi connectivity index (χ1) is 8.31. The molecule has 0 unspecified atom stereocenters. The Kier molecular flexibility index (Phi) is 31.8. The molecule has 0 aromatic heterocycles. The molecule has 0 amide bonds. The summed E-state index contributed by atoms with van der Waals surface area (Å²) in [5.74, 6) is -3.82. The van der Waals surface area contributed by atoms with Crippen LogP contribution in [0.1, 0.15) is 0 Å². The van der Waals surface area contributed by atoms with Crippen LogP contribution in [0.4, 0.5) is 0 Å². The Balaban J connectivity index is -0.0000000865. The quantitative estimate of drug-likeness (QED) is 0.481. The number of hydrogen-bond acceptors (Lipinski definition) is 6. The fraction of sp³-hybridized carbons (Fsp3) is 0. The Morgan fingerprint density at radius 1 is 0.632 bits per heavy atom. The van der Waals surface area contributed by atoms with Crippen molar-refractivity contribution in [3.63, 3.8) is 0 Å². The zero-order valence-electron chi connectivity index (χ0n) is 9.12. The fourth-order valence-electron chi connectivity index (χ4n) is 0.154. The molecule has 0 aliphatic heterocycles. The zero-order chi connectivity index (χ0) is 15.0. The molecule has 6 nitrogen and oxygen atoms in total. The van der Waals surface area contributed by atoms with E-state index in [1.807, 2.05) is 0 Å². The second-order valence-electron chi connectivity index (χ2n) is 1.84. The fourth-order valence-corrected chi connectivity index (χ4v) is 0.463. The smallest absolute Gasteiger partial charge is 0.545 e. The van der Waals surface area contributed by atoms with E-state index < -0.39 is 17.9 Å². The van der Waals surface area contributed by atoms with Crippen molar-refractivity contribution in [2.45, 2.75) is 0 Å². The number of carboxylic acids is 3. The Labute approximate surface area is 142 Å².